The Bertz CT molecular complexity index is 397. The van der Waals surface area contributed by atoms with Crippen LogP contribution in [0, 0.1) is 13.8 Å². The van der Waals surface area contributed by atoms with Gasteiger partial charge in [0.15, 0.2) is 0 Å². The van der Waals surface area contributed by atoms with Crippen molar-refractivity contribution in [1.29, 1.82) is 0 Å². The zero-order valence-electron chi connectivity index (χ0n) is 8.90. The number of carbonyl (C=O) groups is 1. The van der Waals surface area contributed by atoms with Crippen molar-refractivity contribution >= 4 is 5.97 Å². The van der Waals surface area contributed by atoms with Crippen LogP contribution in [-0.2, 0) is 4.79 Å². The summed E-state index contributed by atoms with van der Waals surface area (Å²) in [7, 11) is 0. The summed E-state index contributed by atoms with van der Waals surface area (Å²) in [6, 6.07) is 5.61. The number of hydrogen-bond donors (Lipinski definition) is 2. The molecule has 3 heteroatoms. The Morgan fingerprint density at radius 3 is 2.73 bits per heavy atom. The topological polar surface area (TPSA) is 63.3 Å². The molecular formula is C12H15NO2. The summed E-state index contributed by atoms with van der Waals surface area (Å²) in [5, 5.41) is 8.49. The van der Waals surface area contributed by atoms with Gasteiger partial charge in [-0.3, -0.25) is 0 Å². The number of rotatable bonds is 3. The summed E-state index contributed by atoms with van der Waals surface area (Å²) in [6.07, 6.45) is 2.57. The quantitative estimate of drug-likeness (QED) is 0.741. The van der Waals surface area contributed by atoms with E-state index in [-0.39, 0.29) is 6.04 Å². The van der Waals surface area contributed by atoms with Gasteiger partial charge in [-0.15, -0.1) is 0 Å². The van der Waals surface area contributed by atoms with E-state index in [0.29, 0.717) is 0 Å². The number of aliphatic carboxylic acids is 1. The molecule has 1 atom stereocenters. The average Bonchev–Trinajstić information content (AvgIpc) is 2.18. The Morgan fingerprint density at radius 2 is 2.13 bits per heavy atom. The molecule has 1 unspecified atom stereocenters. The Kier molecular flexibility index (Phi) is 3.63. The second-order valence-electron chi connectivity index (χ2n) is 3.58. The van der Waals surface area contributed by atoms with Crippen LogP contribution in [0.15, 0.2) is 30.4 Å². The number of hydrogen-bond acceptors (Lipinski definition) is 2. The van der Waals surface area contributed by atoms with Crippen molar-refractivity contribution < 1.29 is 9.90 Å². The number of carboxylic acids is 1. The summed E-state index contributed by atoms with van der Waals surface area (Å²) in [4.78, 5) is 10.3. The van der Waals surface area contributed by atoms with Crippen molar-refractivity contribution in [2.24, 2.45) is 5.73 Å². The van der Waals surface area contributed by atoms with Gasteiger partial charge >= 0.3 is 5.97 Å². The van der Waals surface area contributed by atoms with E-state index in [2.05, 4.69) is 0 Å². The van der Waals surface area contributed by atoms with E-state index in [1.165, 1.54) is 6.08 Å². The maximum Gasteiger partial charge on any atom is 0.328 e. The van der Waals surface area contributed by atoms with Crippen molar-refractivity contribution in [2.45, 2.75) is 19.9 Å². The zero-order chi connectivity index (χ0) is 11.4. The normalized spacial score (nSPS) is 13.0. The van der Waals surface area contributed by atoms with Gasteiger partial charge in [-0.25, -0.2) is 4.79 Å². The van der Waals surface area contributed by atoms with Crippen LogP contribution in [0.1, 0.15) is 22.7 Å². The van der Waals surface area contributed by atoms with Crippen LogP contribution < -0.4 is 5.73 Å². The minimum absolute atomic E-state index is 0.360. The molecule has 1 rings (SSSR count). The summed E-state index contributed by atoms with van der Waals surface area (Å²) in [5.41, 5.74) is 9.02. The maximum atomic E-state index is 10.3. The van der Waals surface area contributed by atoms with Crippen LogP contribution in [0.3, 0.4) is 0 Å². The predicted octanol–water partition coefficient (Wildman–Crippen LogP) is 1.94. The molecule has 0 radical (unpaired) electrons. The summed E-state index contributed by atoms with van der Waals surface area (Å²) < 4.78 is 0. The van der Waals surface area contributed by atoms with Crippen molar-refractivity contribution in [1.82, 2.24) is 0 Å². The van der Waals surface area contributed by atoms with Crippen molar-refractivity contribution in [3.05, 3.63) is 47.0 Å². The SMILES string of the molecule is Cc1ccc(C)c(C(N)/C=C/C(=O)O)c1. The smallest absolute Gasteiger partial charge is 0.328 e. The van der Waals surface area contributed by atoms with Crippen LogP contribution in [0.2, 0.25) is 0 Å². The number of nitrogens with two attached hydrogens (primary N) is 1. The van der Waals surface area contributed by atoms with E-state index in [1.54, 1.807) is 0 Å². The van der Waals surface area contributed by atoms with Gasteiger partial charge in [0.2, 0.25) is 0 Å². The van der Waals surface area contributed by atoms with Gasteiger partial charge < -0.3 is 10.8 Å². The predicted molar refractivity (Wildman–Crippen MR) is 59.6 cm³/mol. The molecule has 0 aliphatic carbocycles. The molecule has 0 fully saturated rings. The second-order valence-corrected chi connectivity index (χ2v) is 3.58. The molecule has 3 N–H and O–H groups in total. The molecule has 0 amide bonds. The van der Waals surface area contributed by atoms with E-state index in [9.17, 15) is 4.79 Å². The summed E-state index contributed by atoms with van der Waals surface area (Å²) in [6.45, 7) is 3.94. The maximum absolute atomic E-state index is 10.3. The lowest BCUT2D eigenvalue weighted by molar-refractivity contribution is -0.131. The lowest BCUT2D eigenvalue weighted by Gasteiger charge is -2.11. The summed E-state index contributed by atoms with van der Waals surface area (Å²) in [5.74, 6) is -0.976. The number of carboxylic acid groups (broad SMARTS) is 1. The molecule has 0 bridgehead atoms. The third kappa shape index (κ3) is 3.22. The average molecular weight is 205 g/mol. The first kappa shape index (κ1) is 11.5. The van der Waals surface area contributed by atoms with Crippen LogP contribution in [0.5, 0.6) is 0 Å². The molecule has 1 aromatic rings. The third-order valence-corrected chi connectivity index (χ3v) is 2.24. The third-order valence-electron chi connectivity index (χ3n) is 2.24. The van der Waals surface area contributed by atoms with Gasteiger partial charge in [0.1, 0.15) is 0 Å². The standard InChI is InChI=1S/C12H15NO2/c1-8-3-4-9(2)10(7-8)11(13)5-6-12(14)15/h3-7,11H,13H2,1-2H3,(H,14,15)/b6-5+. The molecule has 3 nitrogen and oxygen atoms in total. The van der Waals surface area contributed by atoms with Gasteiger partial charge in [0.25, 0.3) is 0 Å². The molecule has 0 spiro atoms. The fourth-order valence-corrected chi connectivity index (χ4v) is 1.41. The molecule has 80 valence electrons. The first-order chi connectivity index (χ1) is 7.00. The molecule has 0 aliphatic rings. The fraction of sp³-hybridized carbons (Fsp3) is 0.250. The van der Waals surface area contributed by atoms with E-state index in [0.717, 1.165) is 22.8 Å². The first-order valence-electron chi connectivity index (χ1n) is 4.74. The number of benzene rings is 1. The molecule has 15 heavy (non-hydrogen) atoms. The molecule has 0 saturated heterocycles. The molecule has 0 heterocycles. The van der Waals surface area contributed by atoms with Gasteiger partial charge in [-0.05, 0) is 25.0 Å². The lowest BCUT2D eigenvalue weighted by atomic mass is 9.99. The highest BCUT2D eigenvalue weighted by molar-refractivity contribution is 5.79. The zero-order valence-corrected chi connectivity index (χ0v) is 8.90. The molecule has 0 aromatic heterocycles. The van der Waals surface area contributed by atoms with E-state index < -0.39 is 5.97 Å². The molecular weight excluding hydrogens is 190 g/mol. The van der Waals surface area contributed by atoms with E-state index in [1.807, 2.05) is 32.0 Å². The van der Waals surface area contributed by atoms with Crippen molar-refractivity contribution in [2.75, 3.05) is 0 Å². The molecule has 1 aromatic carbocycles. The monoisotopic (exact) mass is 205 g/mol. The van der Waals surface area contributed by atoms with Crippen LogP contribution >= 0.6 is 0 Å². The Balaban J connectivity index is 2.95. The van der Waals surface area contributed by atoms with Crippen LogP contribution in [-0.4, -0.2) is 11.1 Å². The van der Waals surface area contributed by atoms with Gasteiger partial charge in [-0.2, -0.15) is 0 Å². The highest BCUT2D eigenvalue weighted by atomic mass is 16.4. The highest BCUT2D eigenvalue weighted by Crippen LogP contribution is 2.18. The Labute approximate surface area is 89.2 Å². The van der Waals surface area contributed by atoms with Gasteiger partial charge in [0.05, 0.1) is 0 Å². The van der Waals surface area contributed by atoms with E-state index in [4.69, 9.17) is 10.8 Å². The van der Waals surface area contributed by atoms with Crippen molar-refractivity contribution in [3.63, 3.8) is 0 Å². The van der Waals surface area contributed by atoms with Crippen LogP contribution in [0.25, 0.3) is 0 Å². The number of aryl methyl sites for hydroxylation is 2. The van der Waals surface area contributed by atoms with E-state index >= 15 is 0 Å². The second kappa shape index (κ2) is 4.75. The Hall–Kier alpha value is -1.61. The molecule has 0 aliphatic heterocycles. The Morgan fingerprint density at radius 1 is 1.47 bits per heavy atom. The van der Waals surface area contributed by atoms with Crippen LogP contribution in [0.4, 0.5) is 0 Å². The minimum Gasteiger partial charge on any atom is -0.478 e. The lowest BCUT2D eigenvalue weighted by Crippen LogP contribution is -2.09. The molecule has 0 saturated carbocycles. The van der Waals surface area contributed by atoms with Gasteiger partial charge in [0, 0.05) is 12.1 Å². The largest absolute Gasteiger partial charge is 0.478 e. The first-order valence-corrected chi connectivity index (χ1v) is 4.74. The minimum atomic E-state index is -0.976. The fourth-order valence-electron chi connectivity index (χ4n) is 1.41. The van der Waals surface area contributed by atoms with Gasteiger partial charge in [-0.1, -0.05) is 29.8 Å². The summed E-state index contributed by atoms with van der Waals surface area (Å²) >= 11 is 0. The van der Waals surface area contributed by atoms with Crippen molar-refractivity contribution in [3.8, 4) is 0 Å². The highest BCUT2D eigenvalue weighted by Gasteiger charge is 2.05.